The summed E-state index contributed by atoms with van der Waals surface area (Å²) >= 11 is 2.06. The van der Waals surface area contributed by atoms with Crippen molar-refractivity contribution < 1.29 is 4.74 Å². The van der Waals surface area contributed by atoms with E-state index in [2.05, 4.69) is 40.9 Å². The summed E-state index contributed by atoms with van der Waals surface area (Å²) in [6.07, 6.45) is 4.00. The predicted octanol–water partition coefficient (Wildman–Crippen LogP) is 2.81. The molecule has 1 saturated carbocycles. The Morgan fingerprint density at radius 3 is 2.89 bits per heavy atom. The van der Waals surface area contributed by atoms with Crippen LogP contribution in [0.1, 0.15) is 18.4 Å². The molecule has 1 fully saturated rings. The van der Waals surface area contributed by atoms with Crippen molar-refractivity contribution in [2.24, 2.45) is 0 Å². The average Bonchev–Trinajstić information content (AvgIpc) is 3.14. The number of hydrogen-bond donors (Lipinski definition) is 0. The molecule has 0 amide bonds. The van der Waals surface area contributed by atoms with Crippen LogP contribution in [0.25, 0.3) is 0 Å². The number of rotatable bonds is 6. The van der Waals surface area contributed by atoms with Gasteiger partial charge >= 0.3 is 0 Å². The summed E-state index contributed by atoms with van der Waals surface area (Å²) in [6.45, 7) is 3.17. The first-order valence-electron chi connectivity index (χ1n) is 6.84. The van der Waals surface area contributed by atoms with Crippen LogP contribution in [0.2, 0.25) is 0 Å². The average molecular weight is 263 g/mol. The van der Waals surface area contributed by atoms with E-state index in [0.29, 0.717) is 0 Å². The van der Waals surface area contributed by atoms with Crippen molar-refractivity contribution in [1.82, 2.24) is 4.90 Å². The molecular weight excluding hydrogens is 242 g/mol. The molecule has 0 radical (unpaired) electrons. The Hall–Kier alpha value is -0.510. The summed E-state index contributed by atoms with van der Waals surface area (Å²) in [5, 5.41) is 0.736. The highest BCUT2D eigenvalue weighted by molar-refractivity contribution is 8.00. The van der Waals surface area contributed by atoms with Gasteiger partial charge in [-0.15, -0.1) is 11.8 Å². The molecule has 1 aromatic rings. The quantitative estimate of drug-likeness (QED) is 0.783. The van der Waals surface area contributed by atoms with E-state index in [1.807, 2.05) is 0 Å². The Labute approximate surface area is 114 Å². The maximum atomic E-state index is 5.23. The van der Waals surface area contributed by atoms with Crippen LogP contribution in [0, 0.1) is 0 Å². The lowest BCUT2D eigenvalue weighted by Crippen LogP contribution is -2.35. The second-order valence-electron chi connectivity index (χ2n) is 5.27. The number of benzene rings is 1. The van der Waals surface area contributed by atoms with Gasteiger partial charge in [-0.25, -0.2) is 0 Å². The number of nitrogens with zero attached hydrogens (tertiary/aromatic N) is 1. The zero-order valence-electron chi connectivity index (χ0n) is 11.0. The van der Waals surface area contributed by atoms with Gasteiger partial charge in [-0.3, -0.25) is 4.90 Å². The highest BCUT2D eigenvalue weighted by Gasteiger charge is 2.32. The Balaban J connectivity index is 1.57. The molecule has 1 aliphatic carbocycles. The fraction of sp³-hybridized carbons (Fsp3) is 0.600. The van der Waals surface area contributed by atoms with Crippen molar-refractivity contribution >= 4 is 11.8 Å². The van der Waals surface area contributed by atoms with Gasteiger partial charge < -0.3 is 4.74 Å². The molecular formula is C15H21NOS. The second-order valence-corrected chi connectivity index (χ2v) is 6.61. The van der Waals surface area contributed by atoms with Gasteiger partial charge in [0.2, 0.25) is 0 Å². The van der Waals surface area contributed by atoms with Crippen LogP contribution >= 0.6 is 11.8 Å². The van der Waals surface area contributed by atoms with Crippen LogP contribution in [0.5, 0.6) is 0 Å². The Morgan fingerprint density at radius 2 is 2.17 bits per heavy atom. The van der Waals surface area contributed by atoms with Gasteiger partial charge in [0.1, 0.15) is 0 Å². The number of methoxy groups -OCH3 is 1. The fourth-order valence-electron chi connectivity index (χ4n) is 2.69. The molecule has 1 unspecified atom stereocenters. The lowest BCUT2D eigenvalue weighted by Gasteiger charge is -2.24. The molecule has 3 rings (SSSR count). The smallest absolute Gasteiger partial charge is 0.0589 e. The van der Waals surface area contributed by atoms with Crippen molar-refractivity contribution in [3.05, 3.63) is 29.8 Å². The topological polar surface area (TPSA) is 12.5 Å². The first-order chi connectivity index (χ1) is 8.86. The normalized spacial score (nSPS) is 22.4. The van der Waals surface area contributed by atoms with Crippen LogP contribution in [0.4, 0.5) is 0 Å². The third kappa shape index (κ3) is 2.90. The summed E-state index contributed by atoms with van der Waals surface area (Å²) < 4.78 is 5.23. The standard InChI is InChI=1S/C15H21NOS/c1-17-9-8-16(13-6-7-13)11-14-10-12-4-2-3-5-15(12)18-14/h2-5,13-14H,6-11H2,1H3. The second kappa shape index (κ2) is 5.64. The van der Waals surface area contributed by atoms with Crippen LogP contribution in [0.15, 0.2) is 29.2 Å². The molecule has 18 heavy (non-hydrogen) atoms. The largest absolute Gasteiger partial charge is 0.383 e. The van der Waals surface area contributed by atoms with Gasteiger partial charge in [0.05, 0.1) is 6.61 Å². The number of hydrogen-bond acceptors (Lipinski definition) is 3. The summed E-state index contributed by atoms with van der Waals surface area (Å²) in [6, 6.07) is 9.68. The molecule has 1 heterocycles. The first kappa shape index (κ1) is 12.5. The first-order valence-corrected chi connectivity index (χ1v) is 7.72. The Kier molecular flexibility index (Phi) is 3.92. The molecule has 0 N–H and O–H groups in total. The molecule has 3 heteroatoms. The van der Waals surface area contributed by atoms with Gasteiger partial charge in [-0.1, -0.05) is 18.2 Å². The molecule has 2 aliphatic rings. The third-order valence-electron chi connectivity index (χ3n) is 3.80. The molecule has 1 aliphatic heterocycles. The number of ether oxygens (including phenoxy) is 1. The maximum Gasteiger partial charge on any atom is 0.0589 e. The maximum absolute atomic E-state index is 5.23. The minimum Gasteiger partial charge on any atom is -0.383 e. The lowest BCUT2D eigenvalue weighted by molar-refractivity contribution is 0.144. The monoisotopic (exact) mass is 263 g/mol. The van der Waals surface area contributed by atoms with E-state index in [9.17, 15) is 0 Å². The van der Waals surface area contributed by atoms with Crippen molar-refractivity contribution in [2.75, 3.05) is 26.8 Å². The fourth-order valence-corrected chi connectivity index (χ4v) is 4.04. The van der Waals surface area contributed by atoms with Crippen LogP contribution in [0.3, 0.4) is 0 Å². The van der Waals surface area contributed by atoms with E-state index in [1.54, 1.807) is 7.11 Å². The van der Waals surface area contributed by atoms with Crippen LogP contribution < -0.4 is 0 Å². The Bertz CT molecular complexity index is 380. The van der Waals surface area contributed by atoms with E-state index < -0.39 is 0 Å². The molecule has 0 spiro atoms. The zero-order valence-corrected chi connectivity index (χ0v) is 11.8. The molecule has 1 atom stereocenters. The lowest BCUT2D eigenvalue weighted by atomic mass is 10.1. The van der Waals surface area contributed by atoms with Gasteiger partial charge in [-0.05, 0) is 30.9 Å². The zero-order chi connectivity index (χ0) is 12.4. The van der Waals surface area contributed by atoms with Gasteiger partial charge in [-0.2, -0.15) is 0 Å². The molecule has 98 valence electrons. The number of thioether (sulfide) groups is 1. The van der Waals surface area contributed by atoms with E-state index in [-0.39, 0.29) is 0 Å². The van der Waals surface area contributed by atoms with Crippen molar-refractivity contribution in [3.63, 3.8) is 0 Å². The summed E-state index contributed by atoms with van der Waals surface area (Å²) in [5.74, 6) is 0. The van der Waals surface area contributed by atoms with E-state index in [4.69, 9.17) is 4.74 Å². The van der Waals surface area contributed by atoms with E-state index in [1.165, 1.54) is 36.3 Å². The molecule has 1 aromatic carbocycles. The van der Waals surface area contributed by atoms with Crippen molar-refractivity contribution in [2.45, 2.75) is 35.4 Å². The van der Waals surface area contributed by atoms with Crippen LogP contribution in [-0.4, -0.2) is 43.0 Å². The van der Waals surface area contributed by atoms with Gasteiger partial charge in [0.25, 0.3) is 0 Å². The van der Waals surface area contributed by atoms with Crippen LogP contribution in [-0.2, 0) is 11.2 Å². The summed E-state index contributed by atoms with van der Waals surface area (Å²) in [5.41, 5.74) is 1.54. The Morgan fingerprint density at radius 1 is 1.33 bits per heavy atom. The van der Waals surface area contributed by atoms with E-state index in [0.717, 1.165) is 24.4 Å². The molecule has 0 bridgehead atoms. The molecule has 0 saturated heterocycles. The molecule has 0 aromatic heterocycles. The third-order valence-corrected chi connectivity index (χ3v) is 5.10. The van der Waals surface area contributed by atoms with Crippen molar-refractivity contribution in [3.8, 4) is 0 Å². The number of fused-ring (bicyclic) bond motifs is 1. The van der Waals surface area contributed by atoms with Gasteiger partial charge in [0, 0.05) is 36.4 Å². The highest BCUT2D eigenvalue weighted by Crippen LogP contribution is 2.38. The summed E-state index contributed by atoms with van der Waals surface area (Å²) in [7, 11) is 1.80. The minimum absolute atomic E-state index is 0.736. The van der Waals surface area contributed by atoms with Gasteiger partial charge in [0.15, 0.2) is 0 Å². The summed E-state index contributed by atoms with van der Waals surface area (Å²) in [4.78, 5) is 4.12. The van der Waals surface area contributed by atoms with Crippen molar-refractivity contribution in [1.29, 1.82) is 0 Å². The minimum atomic E-state index is 0.736. The molecule has 2 nitrogen and oxygen atoms in total. The van der Waals surface area contributed by atoms with E-state index >= 15 is 0 Å². The predicted molar refractivity (Wildman–Crippen MR) is 76.3 cm³/mol. The SMILES string of the molecule is COCCN(CC1Cc2ccccc2S1)C1CC1. The highest BCUT2D eigenvalue weighted by atomic mass is 32.2.